The zero-order chi connectivity index (χ0) is 27.5. The first kappa shape index (κ1) is 30.4. The van der Waals surface area contributed by atoms with Crippen LogP contribution in [-0.2, 0) is 4.79 Å². The van der Waals surface area contributed by atoms with E-state index in [2.05, 4.69) is 0 Å². The third-order valence-corrected chi connectivity index (χ3v) is 5.09. The fourth-order valence-corrected chi connectivity index (χ4v) is 3.30. The summed E-state index contributed by atoms with van der Waals surface area (Å²) >= 11 is 0. The van der Waals surface area contributed by atoms with Crippen molar-refractivity contribution in [1.29, 1.82) is 0 Å². The lowest BCUT2D eigenvalue weighted by molar-refractivity contribution is -0.444. The molecule has 2 unspecified atom stereocenters. The van der Waals surface area contributed by atoms with Crippen LogP contribution in [0, 0.1) is 11.8 Å². The van der Waals surface area contributed by atoms with E-state index in [1.54, 1.807) is 0 Å². The number of nitrogens with zero attached hydrogens (tertiary/aromatic N) is 1. The highest BCUT2D eigenvalue weighted by Crippen LogP contribution is 2.62. The van der Waals surface area contributed by atoms with Gasteiger partial charge in [-0.2, -0.15) is 61.5 Å². The molecule has 0 radical (unpaired) electrons. The second-order valence-electron chi connectivity index (χ2n) is 8.03. The Hall–Kier alpha value is -1.65. The first-order valence-corrected chi connectivity index (χ1v) is 8.97. The molecule has 0 N–H and O–H groups in total. The SMILES string of the molecule is CC1CC(C)CN(C(=O)C(F)(F)C(F)(F)C(F)(F)C(F)(F)C(F)(F)C(F)(F)C(F)(F)C(F)F)C1. The van der Waals surface area contributed by atoms with Gasteiger partial charge in [-0.05, 0) is 18.3 Å². The first-order chi connectivity index (χ1) is 14.7. The molecule has 1 saturated heterocycles. The van der Waals surface area contributed by atoms with Crippen LogP contribution in [0.2, 0.25) is 0 Å². The van der Waals surface area contributed by atoms with Crippen LogP contribution in [0.1, 0.15) is 20.3 Å². The van der Waals surface area contributed by atoms with Crippen LogP contribution < -0.4 is 0 Å². The lowest BCUT2D eigenvalue weighted by Gasteiger charge is -2.43. The van der Waals surface area contributed by atoms with Crippen molar-refractivity contribution in [1.82, 2.24) is 4.90 Å². The van der Waals surface area contributed by atoms with Gasteiger partial charge in [-0.1, -0.05) is 13.8 Å². The average molecular weight is 541 g/mol. The molecule has 2 nitrogen and oxygen atoms in total. The standard InChI is InChI=1S/C16H15F16NO/c1-6-3-7(2)5-33(4-6)9(34)11(21,22)13(25,26)15(29,30)16(31,32)14(27,28)12(23,24)10(19,20)8(17)18/h6-8H,3-5H2,1-2H3. The Morgan fingerprint density at radius 2 is 0.971 bits per heavy atom. The van der Waals surface area contributed by atoms with Crippen LogP contribution in [-0.4, -0.2) is 71.8 Å². The summed E-state index contributed by atoms with van der Waals surface area (Å²) < 4.78 is 213. The van der Waals surface area contributed by atoms with Crippen molar-refractivity contribution in [3.8, 4) is 0 Å². The molecule has 1 fully saturated rings. The molecular formula is C16H15F16NO. The molecule has 0 spiro atoms. The fraction of sp³-hybridized carbons (Fsp3) is 0.938. The summed E-state index contributed by atoms with van der Waals surface area (Å²) in [6.07, 6.45) is -5.69. The van der Waals surface area contributed by atoms with E-state index in [0.29, 0.717) is 0 Å². The molecule has 0 aromatic heterocycles. The van der Waals surface area contributed by atoms with Gasteiger partial charge >= 0.3 is 47.9 Å². The van der Waals surface area contributed by atoms with Crippen LogP contribution in [0.25, 0.3) is 0 Å². The highest BCUT2D eigenvalue weighted by molar-refractivity contribution is 5.85. The van der Waals surface area contributed by atoms with Gasteiger partial charge in [-0.15, -0.1) is 0 Å². The number of amides is 1. The van der Waals surface area contributed by atoms with Gasteiger partial charge < -0.3 is 4.90 Å². The third-order valence-electron chi connectivity index (χ3n) is 5.09. The number of alkyl halides is 16. The van der Waals surface area contributed by atoms with Gasteiger partial charge in [-0.3, -0.25) is 4.79 Å². The van der Waals surface area contributed by atoms with Crippen molar-refractivity contribution < 1.29 is 75.0 Å². The number of hydrogen-bond acceptors (Lipinski definition) is 1. The molecule has 18 heteroatoms. The predicted molar refractivity (Wildman–Crippen MR) is 80.2 cm³/mol. The maximum absolute atomic E-state index is 14.1. The number of hydrogen-bond donors (Lipinski definition) is 0. The summed E-state index contributed by atoms with van der Waals surface area (Å²) in [4.78, 5) is 11.6. The molecule has 0 aromatic carbocycles. The van der Waals surface area contributed by atoms with Crippen LogP contribution in [0.5, 0.6) is 0 Å². The van der Waals surface area contributed by atoms with E-state index in [-0.39, 0.29) is 11.3 Å². The van der Waals surface area contributed by atoms with Gasteiger partial charge in [0.05, 0.1) is 0 Å². The minimum absolute atomic E-state index is 0.182. The molecule has 2 atom stereocenters. The summed E-state index contributed by atoms with van der Waals surface area (Å²) in [7, 11) is 0. The van der Waals surface area contributed by atoms with E-state index >= 15 is 0 Å². The largest absolute Gasteiger partial charge is 0.392 e. The molecule has 0 aliphatic carbocycles. The number of piperidine rings is 1. The van der Waals surface area contributed by atoms with Crippen molar-refractivity contribution >= 4 is 5.91 Å². The lowest BCUT2D eigenvalue weighted by atomic mass is 9.87. The number of likely N-dealkylation sites (tertiary alicyclic amines) is 1. The Morgan fingerprint density at radius 1 is 0.647 bits per heavy atom. The third kappa shape index (κ3) is 4.05. The fourth-order valence-electron chi connectivity index (χ4n) is 3.30. The van der Waals surface area contributed by atoms with E-state index in [9.17, 15) is 75.0 Å². The average Bonchev–Trinajstić information content (AvgIpc) is 2.65. The molecule has 34 heavy (non-hydrogen) atoms. The molecule has 1 aliphatic rings. The monoisotopic (exact) mass is 541 g/mol. The maximum Gasteiger partial charge on any atom is 0.392 e. The normalized spacial score (nSPS) is 22.4. The Labute approximate surface area is 180 Å². The van der Waals surface area contributed by atoms with Crippen LogP contribution in [0.15, 0.2) is 0 Å². The van der Waals surface area contributed by atoms with Gasteiger partial charge in [0.25, 0.3) is 5.91 Å². The van der Waals surface area contributed by atoms with Gasteiger partial charge in [0, 0.05) is 13.1 Å². The molecule has 0 saturated carbocycles. The Balaban J connectivity index is 3.55. The Kier molecular flexibility index (Phi) is 7.58. The molecule has 1 rings (SSSR count). The number of rotatable bonds is 8. The van der Waals surface area contributed by atoms with Gasteiger partial charge in [0.2, 0.25) is 0 Å². The Morgan fingerprint density at radius 3 is 1.32 bits per heavy atom. The van der Waals surface area contributed by atoms with Crippen LogP contribution >= 0.6 is 0 Å². The molecular weight excluding hydrogens is 526 g/mol. The van der Waals surface area contributed by atoms with E-state index in [0.717, 1.165) is 0 Å². The maximum atomic E-state index is 14.1. The van der Waals surface area contributed by atoms with Crippen molar-refractivity contribution in [3.05, 3.63) is 0 Å². The number of carbonyl (C=O) groups excluding carboxylic acids is 1. The summed E-state index contributed by atoms with van der Waals surface area (Å²) in [5.74, 6) is -60.4. The van der Waals surface area contributed by atoms with Gasteiger partial charge in [0.1, 0.15) is 0 Å². The van der Waals surface area contributed by atoms with Crippen LogP contribution in [0.4, 0.5) is 70.2 Å². The number of halogens is 16. The van der Waals surface area contributed by atoms with Gasteiger partial charge in [-0.25, -0.2) is 8.78 Å². The smallest absolute Gasteiger partial charge is 0.337 e. The topological polar surface area (TPSA) is 20.3 Å². The second kappa shape index (κ2) is 8.48. The van der Waals surface area contributed by atoms with E-state index in [1.165, 1.54) is 13.8 Å². The lowest BCUT2D eigenvalue weighted by Crippen LogP contribution is -2.75. The van der Waals surface area contributed by atoms with Crippen molar-refractivity contribution in [2.45, 2.75) is 68.2 Å². The highest BCUT2D eigenvalue weighted by atomic mass is 19.4. The van der Waals surface area contributed by atoms with E-state index in [1.807, 2.05) is 0 Å². The molecule has 0 aromatic rings. The first-order valence-electron chi connectivity index (χ1n) is 8.97. The van der Waals surface area contributed by atoms with E-state index in [4.69, 9.17) is 0 Å². The van der Waals surface area contributed by atoms with Gasteiger partial charge in [0.15, 0.2) is 0 Å². The van der Waals surface area contributed by atoms with E-state index < -0.39 is 78.7 Å². The minimum Gasteiger partial charge on any atom is -0.337 e. The summed E-state index contributed by atoms with van der Waals surface area (Å²) in [5, 5.41) is 0. The Bertz CT molecular complexity index is 754. The zero-order valence-corrected chi connectivity index (χ0v) is 16.8. The summed E-state index contributed by atoms with van der Waals surface area (Å²) in [5.41, 5.74) is 0. The zero-order valence-electron chi connectivity index (χ0n) is 16.8. The molecule has 1 heterocycles. The van der Waals surface area contributed by atoms with Crippen molar-refractivity contribution in [2.24, 2.45) is 11.8 Å². The molecule has 1 aliphatic heterocycles. The molecule has 1 amide bonds. The summed E-state index contributed by atoms with van der Waals surface area (Å²) in [6, 6.07) is 0. The van der Waals surface area contributed by atoms with Crippen LogP contribution in [0.3, 0.4) is 0 Å². The second-order valence-corrected chi connectivity index (χ2v) is 8.03. The molecule has 0 bridgehead atoms. The molecule has 202 valence electrons. The number of carbonyl (C=O) groups is 1. The minimum atomic E-state index is -8.50. The van der Waals surface area contributed by atoms with Crippen molar-refractivity contribution in [2.75, 3.05) is 13.1 Å². The summed E-state index contributed by atoms with van der Waals surface area (Å²) in [6.45, 7) is 0.957. The quantitative estimate of drug-likeness (QED) is 0.335. The van der Waals surface area contributed by atoms with Crippen molar-refractivity contribution in [3.63, 3.8) is 0 Å². The highest BCUT2D eigenvalue weighted by Gasteiger charge is 2.94. The predicted octanol–water partition coefficient (Wildman–Crippen LogP) is 6.20.